The lowest BCUT2D eigenvalue weighted by Gasteiger charge is -2.09. The quantitative estimate of drug-likeness (QED) is 0.740. The van der Waals surface area contributed by atoms with Crippen molar-refractivity contribution in [2.75, 3.05) is 19.5 Å². The van der Waals surface area contributed by atoms with Crippen molar-refractivity contribution in [1.29, 1.82) is 5.26 Å². The van der Waals surface area contributed by atoms with Crippen LogP contribution in [0.4, 0.5) is 5.00 Å². The molecule has 0 aliphatic carbocycles. The topological polar surface area (TPSA) is 84.2 Å². The molecule has 130 valence electrons. The summed E-state index contributed by atoms with van der Waals surface area (Å²) in [5.74, 6) is 0.867. The summed E-state index contributed by atoms with van der Waals surface area (Å²) >= 11 is 1.30. The summed E-state index contributed by atoms with van der Waals surface area (Å²) in [4.78, 5) is 16.3. The Balaban J connectivity index is 1.94. The predicted octanol–water partition coefficient (Wildman–Crippen LogP) is 3.95. The number of amides is 1. The zero-order valence-electron chi connectivity index (χ0n) is 14.1. The zero-order valence-corrected chi connectivity index (χ0v) is 15.0. The van der Waals surface area contributed by atoms with Gasteiger partial charge in [0.15, 0.2) is 11.5 Å². The molecule has 7 heteroatoms. The largest absolute Gasteiger partial charge is 0.493 e. The van der Waals surface area contributed by atoms with Gasteiger partial charge in [0.2, 0.25) is 0 Å². The number of benzene rings is 1. The highest BCUT2D eigenvalue weighted by atomic mass is 32.1. The summed E-state index contributed by atoms with van der Waals surface area (Å²) in [6.07, 6.45) is 3.07. The van der Waals surface area contributed by atoms with E-state index in [4.69, 9.17) is 9.47 Å². The normalized spacial score (nSPS) is 10.0. The maximum Gasteiger partial charge on any atom is 0.257 e. The average Bonchev–Trinajstić information content (AvgIpc) is 3.10. The Morgan fingerprint density at radius 1 is 1.23 bits per heavy atom. The van der Waals surface area contributed by atoms with Crippen molar-refractivity contribution in [2.45, 2.75) is 0 Å². The second-order valence-electron chi connectivity index (χ2n) is 5.23. The van der Waals surface area contributed by atoms with E-state index in [0.29, 0.717) is 27.6 Å². The number of nitrogens with zero attached hydrogens (tertiary/aromatic N) is 2. The molecule has 1 N–H and O–H groups in total. The van der Waals surface area contributed by atoms with Gasteiger partial charge in [0.05, 0.1) is 25.3 Å². The highest BCUT2D eigenvalue weighted by Gasteiger charge is 2.17. The van der Waals surface area contributed by atoms with Crippen LogP contribution in [0.3, 0.4) is 0 Å². The van der Waals surface area contributed by atoms with Gasteiger partial charge in [0, 0.05) is 23.3 Å². The third-order valence-corrected chi connectivity index (χ3v) is 4.64. The van der Waals surface area contributed by atoms with Crippen molar-refractivity contribution in [3.63, 3.8) is 0 Å². The molecule has 1 amide bonds. The molecule has 3 rings (SSSR count). The first-order chi connectivity index (χ1) is 12.7. The molecule has 0 unspecified atom stereocenters. The number of carbonyl (C=O) groups excluding carboxylic acids is 1. The monoisotopic (exact) mass is 365 g/mol. The molecule has 0 spiro atoms. The lowest BCUT2D eigenvalue weighted by Crippen LogP contribution is -2.11. The second kappa shape index (κ2) is 7.68. The number of carbonyl (C=O) groups is 1. The molecule has 0 fully saturated rings. The van der Waals surface area contributed by atoms with Crippen molar-refractivity contribution < 1.29 is 14.3 Å². The van der Waals surface area contributed by atoms with Crippen LogP contribution in [0.5, 0.6) is 11.5 Å². The number of methoxy groups -OCH3 is 2. The predicted molar refractivity (Wildman–Crippen MR) is 99.8 cm³/mol. The summed E-state index contributed by atoms with van der Waals surface area (Å²) in [5, 5.41) is 14.7. The zero-order chi connectivity index (χ0) is 18.5. The van der Waals surface area contributed by atoms with E-state index in [0.717, 1.165) is 11.1 Å². The third kappa shape index (κ3) is 3.36. The summed E-state index contributed by atoms with van der Waals surface area (Å²) in [7, 11) is 3.12. The Bertz CT molecular complexity index is 977. The fourth-order valence-corrected chi connectivity index (χ4v) is 3.36. The van der Waals surface area contributed by atoms with E-state index in [1.54, 1.807) is 44.7 Å². The van der Waals surface area contributed by atoms with Gasteiger partial charge >= 0.3 is 0 Å². The van der Waals surface area contributed by atoms with E-state index < -0.39 is 0 Å². The van der Waals surface area contributed by atoms with E-state index in [1.165, 1.54) is 17.5 Å². The van der Waals surface area contributed by atoms with Gasteiger partial charge in [-0.1, -0.05) is 6.07 Å². The van der Waals surface area contributed by atoms with E-state index in [2.05, 4.69) is 16.4 Å². The number of hydrogen-bond acceptors (Lipinski definition) is 6. The standard InChI is InChI=1S/C19H15N3O3S/c1-24-16-6-5-12(8-17(16)25-2)15-11-26-19(14(15)9-20)22-18(23)13-4-3-7-21-10-13/h3-8,10-11H,1-2H3,(H,22,23). The number of ether oxygens (including phenoxy) is 2. The van der Waals surface area contributed by atoms with Crippen LogP contribution in [-0.2, 0) is 0 Å². The summed E-state index contributed by atoms with van der Waals surface area (Å²) in [5.41, 5.74) is 2.36. The van der Waals surface area contributed by atoms with Crippen molar-refractivity contribution in [3.8, 4) is 28.7 Å². The van der Waals surface area contributed by atoms with Crippen LogP contribution in [0.15, 0.2) is 48.1 Å². The van der Waals surface area contributed by atoms with E-state index in [1.807, 2.05) is 11.4 Å². The average molecular weight is 365 g/mol. The van der Waals surface area contributed by atoms with E-state index in [9.17, 15) is 10.1 Å². The third-order valence-electron chi connectivity index (χ3n) is 3.75. The highest BCUT2D eigenvalue weighted by molar-refractivity contribution is 7.15. The van der Waals surface area contributed by atoms with Gasteiger partial charge in [-0.2, -0.15) is 5.26 Å². The summed E-state index contributed by atoms with van der Waals surface area (Å²) in [6.45, 7) is 0. The molecule has 2 heterocycles. The number of thiophene rings is 1. The van der Waals surface area contributed by atoms with Crippen LogP contribution < -0.4 is 14.8 Å². The van der Waals surface area contributed by atoms with Gasteiger partial charge in [0.25, 0.3) is 5.91 Å². The van der Waals surface area contributed by atoms with Crippen LogP contribution in [0.2, 0.25) is 0 Å². The van der Waals surface area contributed by atoms with Crippen molar-refractivity contribution in [1.82, 2.24) is 4.98 Å². The maximum absolute atomic E-state index is 12.3. The lowest BCUT2D eigenvalue weighted by molar-refractivity contribution is 0.102. The molecule has 0 radical (unpaired) electrons. The molecule has 26 heavy (non-hydrogen) atoms. The second-order valence-corrected chi connectivity index (χ2v) is 6.11. The van der Waals surface area contributed by atoms with Gasteiger partial charge in [-0.3, -0.25) is 9.78 Å². The minimum Gasteiger partial charge on any atom is -0.493 e. The number of rotatable bonds is 5. The number of pyridine rings is 1. The van der Waals surface area contributed by atoms with Gasteiger partial charge in [-0.05, 0) is 29.8 Å². The minimum absolute atomic E-state index is 0.310. The maximum atomic E-state index is 12.3. The fraction of sp³-hybridized carbons (Fsp3) is 0.105. The number of nitrogens with one attached hydrogen (secondary N) is 1. The molecule has 0 aliphatic rings. The van der Waals surface area contributed by atoms with Crippen molar-refractivity contribution >= 4 is 22.2 Å². The van der Waals surface area contributed by atoms with Crippen LogP contribution >= 0.6 is 11.3 Å². The molecular formula is C19H15N3O3S. The van der Waals surface area contributed by atoms with E-state index in [-0.39, 0.29) is 5.91 Å². The lowest BCUT2D eigenvalue weighted by atomic mass is 10.0. The van der Waals surface area contributed by atoms with Crippen molar-refractivity contribution in [3.05, 3.63) is 59.2 Å². The molecule has 0 saturated carbocycles. The SMILES string of the molecule is COc1ccc(-c2csc(NC(=O)c3cccnc3)c2C#N)cc1OC. The van der Waals surface area contributed by atoms with Gasteiger partial charge in [-0.15, -0.1) is 11.3 Å². The highest BCUT2D eigenvalue weighted by Crippen LogP contribution is 2.38. The molecule has 0 atom stereocenters. The first-order valence-electron chi connectivity index (χ1n) is 7.63. The van der Waals surface area contributed by atoms with E-state index >= 15 is 0 Å². The minimum atomic E-state index is -0.310. The Labute approximate surface area is 154 Å². The molecule has 3 aromatic rings. The first kappa shape index (κ1) is 17.5. The number of anilines is 1. The van der Waals surface area contributed by atoms with Crippen molar-refractivity contribution in [2.24, 2.45) is 0 Å². The fourth-order valence-electron chi connectivity index (χ4n) is 2.45. The molecule has 2 aromatic heterocycles. The van der Waals surface area contributed by atoms with Gasteiger partial charge in [0.1, 0.15) is 11.1 Å². The number of hydrogen-bond donors (Lipinski definition) is 1. The molecule has 6 nitrogen and oxygen atoms in total. The van der Waals surface area contributed by atoms with Crippen LogP contribution in [0, 0.1) is 11.3 Å². The van der Waals surface area contributed by atoms with Gasteiger partial charge < -0.3 is 14.8 Å². The number of nitriles is 1. The first-order valence-corrected chi connectivity index (χ1v) is 8.51. The smallest absolute Gasteiger partial charge is 0.257 e. The molecular weight excluding hydrogens is 350 g/mol. The molecule has 0 bridgehead atoms. The Kier molecular flexibility index (Phi) is 5.15. The summed E-state index contributed by atoms with van der Waals surface area (Å²) in [6, 6.07) is 10.9. The van der Waals surface area contributed by atoms with Gasteiger partial charge in [-0.25, -0.2) is 0 Å². The molecule has 0 aliphatic heterocycles. The number of aromatic nitrogens is 1. The Morgan fingerprint density at radius 2 is 2.04 bits per heavy atom. The van der Waals surface area contributed by atoms with Crippen LogP contribution in [0.1, 0.15) is 15.9 Å². The molecule has 0 saturated heterocycles. The Morgan fingerprint density at radius 3 is 2.69 bits per heavy atom. The molecule has 1 aromatic carbocycles. The van der Waals surface area contributed by atoms with Crippen LogP contribution in [0.25, 0.3) is 11.1 Å². The summed E-state index contributed by atoms with van der Waals surface area (Å²) < 4.78 is 10.6. The Hall–Kier alpha value is -3.37. The van der Waals surface area contributed by atoms with Crippen LogP contribution in [-0.4, -0.2) is 25.1 Å².